The standard InChI is InChI=1S/C14H25N3O/c1-10(2)7-6-8-11(3)17-13-12(4)14(18-5)16-9-15-13/h9-11H,6-8H2,1-5H3,(H,15,16,17). The van der Waals surface area contributed by atoms with Crippen LogP contribution in [0, 0.1) is 12.8 Å². The Balaban J connectivity index is 2.51. The third-order valence-corrected chi connectivity index (χ3v) is 3.03. The Kier molecular flexibility index (Phi) is 5.89. The Hall–Kier alpha value is -1.32. The first kappa shape index (κ1) is 14.7. The van der Waals surface area contributed by atoms with E-state index in [1.807, 2.05) is 6.92 Å². The van der Waals surface area contributed by atoms with Gasteiger partial charge in [0, 0.05) is 6.04 Å². The topological polar surface area (TPSA) is 47.0 Å². The molecule has 1 unspecified atom stereocenters. The van der Waals surface area contributed by atoms with Crippen LogP contribution >= 0.6 is 0 Å². The normalized spacial score (nSPS) is 12.6. The van der Waals surface area contributed by atoms with Crippen molar-refractivity contribution in [3.05, 3.63) is 11.9 Å². The molecule has 1 aromatic heterocycles. The lowest BCUT2D eigenvalue weighted by Gasteiger charge is -2.17. The fourth-order valence-electron chi connectivity index (χ4n) is 1.92. The number of hydrogen-bond acceptors (Lipinski definition) is 4. The Morgan fingerprint density at radius 3 is 2.56 bits per heavy atom. The number of anilines is 1. The van der Waals surface area contributed by atoms with Crippen molar-refractivity contribution >= 4 is 5.82 Å². The van der Waals surface area contributed by atoms with Gasteiger partial charge in [0.2, 0.25) is 5.88 Å². The Bertz CT molecular complexity index is 366. The number of aromatic nitrogens is 2. The Labute approximate surface area is 110 Å². The molecule has 0 bridgehead atoms. The Morgan fingerprint density at radius 2 is 1.94 bits per heavy atom. The van der Waals surface area contributed by atoms with Crippen LogP contribution in [0.25, 0.3) is 0 Å². The summed E-state index contributed by atoms with van der Waals surface area (Å²) < 4.78 is 5.19. The van der Waals surface area contributed by atoms with E-state index >= 15 is 0 Å². The lowest BCUT2D eigenvalue weighted by molar-refractivity contribution is 0.393. The van der Waals surface area contributed by atoms with Crippen LogP contribution in [0.5, 0.6) is 5.88 Å². The summed E-state index contributed by atoms with van der Waals surface area (Å²) >= 11 is 0. The van der Waals surface area contributed by atoms with Crippen LogP contribution in [-0.2, 0) is 0 Å². The quantitative estimate of drug-likeness (QED) is 0.806. The summed E-state index contributed by atoms with van der Waals surface area (Å²) in [5.41, 5.74) is 0.968. The molecule has 1 N–H and O–H groups in total. The summed E-state index contributed by atoms with van der Waals surface area (Å²) in [5.74, 6) is 2.29. The van der Waals surface area contributed by atoms with Crippen molar-refractivity contribution in [2.24, 2.45) is 5.92 Å². The highest BCUT2D eigenvalue weighted by molar-refractivity contribution is 5.48. The number of nitrogens with zero attached hydrogens (tertiary/aromatic N) is 2. The zero-order valence-electron chi connectivity index (χ0n) is 12.2. The summed E-state index contributed by atoms with van der Waals surface area (Å²) in [6.45, 7) is 8.69. The predicted octanol–water partition coefficient (Wildman–Crippen LogP) is 3.42. The molecule has 0 fully saturated rings. The average molecular weight is 251 g/mol. The van der Waals surface area contributed by atoms with E-state index in [-0.39, 0.29) is 0 Å². The lowest BCUT2D eigenvalue weighted by atomic mass is 10.0. The predicted molar refractivity (Wildman–Crippen MR) is 75.1 cm³/mol. The number of rotatable bonds is 7. The highest BCUT2D eigenvalue weighted by atomic mass is 16.5. The van der Waals surface area contributed by atoms with E-state index in [1.54, 1.807) is 7.11 Å². The molecule has 0 spiro atoms. The van der Waals surface area contributed by atoms with E-state index in [1.165, 1.54) is 19.2 Å². The second-order valence-electron chi connectivity index (χ2n) is 5.23. The fraction of sp³-hybridized carbons (Fsp3) is 0.714. The zero-order chi connectivity index (χ0) is 13.5. The third-order valence-electron chi connectivity index (χ3n) is 3.03. The zero-order valence-corrected chi connectivity index (χ0v) is 12.2. The van der Waals surface area contributed by atoms with Crippen molar-refractivity contribution in [3.8, 4) is 5.88 Å². The van der Waals surface area contributed by atoms with Gasteiger partial charge in [0.1, 0.15) is 12.1 Å². The van der Waals surface area contributed by atoms with E-state index in [2.05, 4.69) is 36.1 Å². The van der Waals surface area contributed by atoms with Gasteiger partial charge in [-0.05, 0) is 26.2 Å². The first-order valence-corrected chi connectivity index (χ1v) is 6.66. The van der Waals surface area contributed by atoms with Crippen LogP contribution in [0.1, 0.15) is 45.6 Å². The van der Waals surface area contributed by atoms with Crippen molar-refractivity contribution in [1.82, 2.24) is 9.97 Å². The molecule has 1 aromatic rings. The maximum Gasteiger partial charge on any atom is 0.221 e. The van der Waals surface area contributed by atoms with Crippen LogP contribution in [0.3, 0.4) is 0 Å². The van der Waals surface area contributed by atoms with E-state index in [4.69, 9.17) is 4.74 Å². The Morgan fingerprint density at radius 1 is 1.22 bits per heavy atom. The summed E-state index contributed by atoms with van der Waals surface area (Å²) in [6.07, 6.45) is 5.21. The molecular weight excluding hydrogens is 226 g/mol. The number of methoxy groups -OCH3 is 1. The van der Waals surface area contributed by atoms with Gasteiger partial charge in [-0.2, -0.15) is 0 Å². The molecular formula is C14H25N3O. The van der Waals surface area contributed by atoms with E-state index in [0.29, 0.717) is 11.9 Å². The third kappa shape index (κ3) is 4.51. The molecule has 18 heavy (non-hydrogen) atoms. The van der Waals surface area contributed by atoms with Crippen LogP contribution in [-0.4, -0.2) is 23.1 Å². The van der Waals surface area contributed by atoms with Crippen molar-refractivity contribution < 1.29 is 4.74 Å². The summed E-state index contributed by atoms with van der Waals surface area (Å²) in [7, 11) is 1.63. The van der Waals surface area contributed by atoms with Gasteiger partial charge in [0.05, 0.1) is 12.7 Å². The molecule has 0 saturated carbocycles. The number of ether oxygens (including phenoxy) is 1. The minimum atomic E-state index is 0.419. The molecule has 1 rings (SSSR count). The molecule has 1 atom stereocenters. The molecule has 0 aliphatic carbocycles. The van der Waals surface area contributed by atoms with Gasteiger partial charge in [-0.3, -0.25) is 0 Å². The minimum Gasteiger partial charge on any atom is -0.481 e. The van der Waals surface area contributed by atoms with E-state index in [9.17, 15) is 0 Å². The number of hydrogen-bond donors (Lipinski definition) is 1. The maximum absolute atomic E-state index is 5.19. The van der Waals surface area contributed by atoms with Gasteiger partial charge in [0.25, 0.3) is 0 Å². The van der Waals surface area contributed by atoms with E-state index < -0.39 is 0 Å². The molecule has 0 saturated heterocycles. The van der Waals surface area contributed by atoms with Crippen molar-refractivity contribution in [1.29, 1.82) is 0 Å². The highest BCUT2D eigenvalue weighted by Gasteiger charge is 2.10. The maximum atomic E-state index is 5.19. The minimum absolute atomic E-state index is 0.419. The van der Waals surface area contributed by atoms with E-state index in [0.717, 1.165) is 23.7 Å². The molecule has 0 aromatic carbocycles. The van der Waals surface area contributed by atoms with Gasteiger partial charge < -0.3 is 10.1 Å². The van der Waals surface area contributed by atoms with Crippen molar-refractivity contribution in [2.75, 3.05) is 12.4 Å². The van der Waals surface area contributed by atoms with Crippen LogP contribution in [0.2, 0.25) is 0 Å². The molecule has 102 valence electrons. The van der Waals surface area contributed by atoms with Gasteiger partial charge in [-0.1, -0.05) is 26.7 Å². The van der Waals surface area contributed by atoms with Gasteiger partial charge >= 0.3 is 0 Å². The average Bonchev–Trinajstić information content (AvgIpc) is 2.31. The van der Waals surface area contributed by atoms with Gasteiger partial charge in [0.15, 0.2) is 0 Å². The summed E-state index contributed by atoms with van der Waals surface area (Å²) in [5, 5.41) is 3.43. The van der Waals surface area contributed by atoms with Crippen molar-refractivity contribution in [3.63, 3.8) is 0 Å². The fourth-order valence-corrected chi connectivity index (χ4v) is 1.92. The highest BCUT2D eigenvalue weighted by Crippen LogP contribution is 2.21. The molecule has 4 nitrogen and oxygen atoms in total. The SMILES string of the molecule is COc1ncnc(NC(C)CCCC(C)C)c1C. The monoisotopic (exact) mass is 251 g/mol. The van der Waals surface area contributed by atoms with Crippen LogP contribution in [0.15, 0.2) is 6.33 Å². The van der Waals surface area contributed by atoms with Gasteiger partial charge in [-0.15, -0.1) is 0 Å². The second kappa shape index (κ2) is 7.19. The lowest BCUT2D eigenvalue weighted by Crippen LogP contribution is -2.17. The first-order valence-electron chi connectivity index (χ1n) is 6.66. The summed E-state index contributed by atoms with van der Waals surface area (Å²) in [6, 6.07) is 0.419. The molecule has 1 heterocycles. The summed E-state index contributed by atoms with van der Waals surface area (Å²) in [4.78, 5) is 8.34. The molecule has 0 amide bonds. The van der Waals surface area contributed by atoms with Gasteiger partial charge in [-0.25, -0.2) is 9.97 Å². The number of nitrogens with one attached hydrogen (secondary N) is 1. The van der Waals surface area contributed by atoms with Crippen LogP contribution < -0.4 is 10.1 Å². The largest absolute Gasteiger partial charge is 0.481 e. The second-order valence-corrected chi connectivity index (χ2v) is 5.23. The van der Waals surface area contributed by atoms with Crippen molar-refractivity contribution in [2.45, 2.75) is 53.0 Å². The first-order chi connectivity index (χ1) is 8.54. The molecule has 0 aliphatic heterocycles. The molecule has 0 radical (unpaired) electrons. The molecule has 0 aliphatic rings. The smallest absolute Gasteiger partial charge is 0.221 e. The molecule has 4 heteroatoms. The van der Waals surface area contributed by atoms with Crippen LogP contribution in [0.4, 0.5) is 5.82 Å².